The van der Waals surface area contributed by atoms with Gasteiger partial charge >= 0.3 is 6.09 Å². The molecule has 3 nitrogen and oxygen atoms in total. The highest BCUT2D eigenvalue weighted by molar-refractivity contribution is 5.68. The second-order valence-corrected chi connectivity index (χ2v) is 4.93. The van der Waals surface area contributed by atoms with E-state index in [9.17, 15) is 4.79 Å². The van der Waals surface area contributed by atoms with Crippen LogP contribution in [0.15, 0.2) is 0 Å². The lowest BCUT2D eigenvalue weighted by atomic mass is 10.2. The van der Waals surface area contributed by atoms with Crippen molar-refractivity contribution in [2.75, 3.05) is 6.54 Å². The fraction of sp³-hybridized carbons (Fsp3) is 0.917. The molecule has 0 rings (SSSR count). The summed E-state index contributed by atoms with van der Waals surface area (Å²) in [5.74, 6) is 0. The second-order valence-electron chi connectivity index (χ2n) is 4.93. The zero-order valence-electron chi connectivity index (χ0n) is 11.0. The predicted octanol–water partition coefficient (Wildman–Crippen LogP) is 3.43. The summed E-state index contributed by atoms with van der Waals surface area (Å²) in [4.78, 5) is 13.7. The van der Waals surface area contributed by atoms with Gasteiger partial charge in [-0.3, -0.25) is 0 Å². The topological polar surface area (TPSA) is 29.5 Å². The summed E-state index contributed by atoms with van der Waals surface area (Å²) < 4.78 is 5.36. The fourth-order valence-corrected chi connectivity index (χ4v) is 1.27. The zero-order chi connectivity index (χ0) is 12.1. The van der Waals surface area contributed by atoms with Crippen LogP contribution in [0.25, 0.3) is 0 Å². The fourth-order valence-electron chi connectivity index (χ4n) is 1.27. The van der Waals surface area contributed by atoms with Gasteiger partial charge in [-0.15, -0.1) is 0 Å². The number of rotatable bonds is 4. The van der Waals surface area contributed by atoms with Crippen LogP contribution in [0, 0.1) is 0 Å². The van der Waals surface area contributed by atoms with E-state index in [0.29, 0.717) is 0 Å². The lowest BCUT2D eigenvalue weighted by molar-refractivity contribution is 0.0173. The second kappa shape index (κ2) is 5.99. The first-order chi connectivity index (χ1) is 6.81. The Hall–Kier alpha value is -0.730. The van der Waals surface area contributed by atoms with Gasteiger partial charge in [0.15, 0.2) is 0 Å². The minimum atomic E-state index is -0.406. The average molecular weight is 215 g/mol. The molecular formula is C12H25NO2. The SMILES string of the molecule is CCCN(C(=O)OC(C)(C)C)C(C)CC. The Balaban J connectivity index is 4.42. The number of carbonyl (C=O) groups excluding carboxylic acids is 1. The molecule has 0 saturated heterocycles. The molecule has 0 N–H and O–H groups in total. The molecule has 3 heteroatoms. The number of nitrogens with zero attached hydrogens (tertiary/aromatic N) is 1. The third-order valence-corrected chi connectivity index (χ3v) is 2.22. The van der Waals surface area contributed by atoms with E-state index in [1.54, 1.807) is 0 Å². The largest absolute Gasteiger partial charge is 0.444 e. The van der Waals surface area contributed by atoms with Gasteiger partial charge in [-0.25, -0.2) is 4.79 Å². The zero-order valence-corrected chi connectivity index (χ0v) is 11.0. The summed E-state index contributed by atoms with van der Waals surface area (Å²) in [5.41, 5.74) is -0.406. The Kier molecular flexibility index (Phi) is 5.69. The third-order valence-electron chi connectivity index (χ3n) is 2.22. The maximum absolute atomic E-state index is 11.9. The maximum Gasteiger partial charge on any atom is 0.410 e. The molecule has 1 atom stereocenters. The van der Waals surface area contributed by atoms with E-state index in [-0.39, 0.29) is 12.1 Å². The third kappa shape index (κ3) is 5.65. The first-order valence-electron chi connectivity index (χ1n) is 5.81. The van der Waals surface area contributed by atoms with Crippen LogP contribution in [0.1, 0.15) is 54.4 Å². The molecule has 0 bridgehead atoms. The van der Waals surface area contributed by atoms with E-state index in [1.165, 1.54) is 0 Å². The molecule has 1 unspecified atom stereocenters. The highest BCUT2D eigenvalue weighted by Gasteiger charge is 2.24. The number of carbonyl (C=O) groups is 1. The van der Waals surface area contributed by atoms with E-state index in [4.69, 9.17) is 4.74 Å². The summed E-state index contributed by atoms with van der Waals surface area (Å²) in [6.07, 6.45) is 1.72. The monoisotopic (exact) mass is 215 g/mol. The van der Waals surface area contributed by atoms with Crippen molar-refractivity contribution in [3.63, 3.8) is 0 Å². The first kappa shape index (κ1) is 14.3. The van der Waals surface area contributed by atoms with Crippen LogP contribution < -0.4 is 0 Å². The van der Waals surface area contributed by atoms with E-state index in [1.807, 2.05) is 25.7 Å². The molecule has 0 radical (unpaired) electrons. The Morgan fingerprint density at radius 3 is 2.20 bits per heavy atom. The van der Waals surface area contributed by atoms with Gasteiger partial charge in [0.05, 0.1) is 0 Å². The molecule has 0 aromatic carbocycles. The van der Waals surface area contributed by atoms with E-state index >= 15 is 0 Å². The van der Waals surface area contributed by atoms with Crippen molar-refractivity contribution in [2.45, 2.75) is 66.0 Å². The van der Waals surface area contributed by atoms with Crippen LogP contribution in [0.2, 0.25) is 0 Å². The van der Waals surface area contributed by atoms with Gasteiger partial charge in [-0.2, -0.15) is 0 Å². The summed E-state index contributed by atoms with van der Waals surface area (Å²) in [6, 6.07) is 0.250. The standard InChI is InChI=1S/C12H25NO2/c1-7-9-13(10(3)8-2)11(14)15-12(4,5)6/h10H,7-9H2,1-6H3. The summed E-state index contributed by atoms with van der Waals surface area (Å²) in [5, 5.41) is 0. The molecule has 0 heterocycles. The van der Waals surface area contributed by atoms with Gasteiger partial charge in [-0.05, 0) is 40.5 Å². The summed E-state index contributed by atoms with van der Waals surface area (Å²) in [7, 11) is 0. The molecule has 0 saturated carbocycles. The van der Waals surface area contributed by atoms with Gasteiger partial charge in [0.2, 0.25) is 0 Å². The molecule has 0 aromatic rings. The van der Waals surface area contributed by atoms with Gasteiger partial charge < -0.3 is 9.64 Å². The summed E-state index contributed by atoms with van der Waals surface area (Å²) >= 11 is 0. The molecule has 0 fully saturated rings. The molecule has 0 aliphatic rings. The number of hydrogen-bond donors (Lipinski definition) is 0. The van der Waals surface area contributed by atoms with Crippen LogP contribution in [-0.2, 0) is 4.74 Å². The molecule has 0 spiro atoms. The minimum Gasteiger partial charge on any atom is -0.444 e. The van der Waals surface area contributed by atoms with Gasteiger partial charge in [0.25, 0.3) is 0 Å². The van der Waals surface area contributed by atoms with Crippen molar-refractivity contribution < 1.29 is 9.53 Å². The normalized spacial score (nSPS) is 13.5. The minimum absolute atomic E-state index is 0.196. The first-order valence-corrected chi connectivity index (χ1v) is 5.81. The molecule has 15 heavy (non-hydrogen) atoms. The smallest absolute Gasteiger partial charge is 0.410 e. The van der Waals surface area contributed by atoms with Crippen molar-refractivity contribution in [3.8, 4) is 0 Å². The Morgan fingerprint density at radius 2 is 1.87 bits per heavy atom. The van der Waals surface area contributed by atoms with Crippen LogP contribution in [0.5, 0.6) is 0 Å². The van der Waals surface area contributed by atoms with E-state index in [2.05, 4.69) is 20.8 Å². The summed E-state index contributed by atoms with van der Waals surface area (Å²) in [6.45, 7) is 12.7. The van der Waals surface area contributed by atoms with Gasteiger partial charge in [0.1, 0.15) is 5.60 Å². The Morgan fingerprint density at radius 1 is 1.33 bits per heavy atom. The lowest BCUT2D eigenvalue weighted by Crippen LogP contribution is -2.42. The number of ether oxygens (including phenoxy) is 1. The van der Waals surface area contributed by atoms with Crippen molar-refractivity contribution in [3.05, 3.63) is 0 Å². The molecule has 1 amide bonds. The molecule has 0 aliphatic heterocycles. The van der Waals surface area contributed by atoms with Gasteiger partial charge in [0, 0.05) is 12.6 Å². The predicted molar refractivity (Wildman–Crippen MR) is 63.0 cm³/mol. The van der Waals surface area contributed by atoms with Crippen molar-refractivity contribution in [2.24, 2.45) is 0 Å². The molecule has 0 aliphatic carbocycles. The maximum atomic E-state index is 11.9. The van der Waals surface area contributed by atoms with E-state index in [0.717, 1.165) is 19.4 Å². The van der Waals surface area contributed by atoms with E-state index < -0.39 is 5.60 Å². The van der Waals surface area contributed by atoms with Crippen LogP contribution in [0.4, 0.5) is 4.79 Å². The highest BCUT2D eigenvalue weighted by Crippen LogP contribution is 2.13. The van der Waals surface area contributed by atoms with Gasteiger partial charge in [-0.1, -0.05) is 13.8 Å². The van der Waals surface area contributed by atoms with Crippen molar-refractivity contribution in [1.82, 2.24) is 4.90 Å². The molecule has 90 valence electrons. The number of hydrogen-bond acceptors (Lipinski definition) is 2. The molecular weight excluding hydrogens is 190 g/mol. The quantitative estimate of drug-likeness (QED) is 0.719. The molecule has 0 aromatic heterocycles. The van der Waals surface area contributed by atoms with Crippen LogP contribution in [-0.4, -0.2) is 29.2 Å². The van der Waals surface area contributed by atoms with Crippen LogP contribution in [0.3, 0.4) is 0 Å². The number of amides is 1. The van der Waals surface area contributed by atoms with Crippen molar-refractivity contribution in [1.29, 1.82) is 0 Å². The van der Waals surface area contributed by atoms with Crippen LogP contribution >= 0.6 is 0 Å². The van der Waals surface area contributed by atoms with Crippen molar-refractivity contribution >= 4 is 6.09 Å². The Labute approximate surface area is 93.8 Å². The highest BCUT2D eigenvalue weighted by atomic mass is 16.6. The Bertz CT molecular complexity index is 196. The average Bonchev–Trinajstić information content (AvgIpc) is 2.10. The lowest BCUT2D eigenvalue weighted by Gasteiger charge is -2.31.